The monoisotopic (exact) mass is 393 g/mol. The van der Waals surface area contributed by atoms with Crippen LogP contribution in [0.3, 0.4) is 0 Å². The van der Waals surface area contributed by atoms with E-state index in [1.807, 2.05) is 6.92 Å². The first-order valence-electron chi connectivity index (χ1n) is 8.94. The molecule has 0 saturated heterocycles. The van der Waals surface area contributed by atoms with Gasteiger partial charge in [-0.1, -0.05) is 19.1 Å². The lowest BCUT2D eigenvalue weighted by molar-refractivity contribution is 0.0695. The normalized spacial score (nSPS) is 11.7. The van der Waals surface area contributed by atoms with E-state index >= 15 is 0 Å². The van der Waals surface area contributed by atoms with Crippen LogP contribution in [0.25, 0.3) is 11.6 Å². The fourth-order valence-corrected chi connectivity index (χ4v) is 2.84. The van der Waals surface area contributed by atoms with Gasteiger partial charge in [-0.05, 0) is 36.6 Å². The quantitative estimate of drug-likeness (QED) is 0.582. The van der Waals surface area contributed by atoms with E-state index in [-0.39, 0.29) is 22.9 Å². The number of carbonyl (C=O) groups excluding carboxylic acids is 1. The van der Waals surface area contributed by atoms with Crippen molar-refractivity contribution in [3.8, 4) is 11.6 Å². The second-order valence-electron chi connectivity index (χ2n) is 6.32. The van der Waals surface area contributed by atoms with Gasteiger partial charge in [-0.2, -0.15) is 0 Å². The Kier molecular flexibility index (Phi) is 5.77. The van der Waals surface area contributed by atoms with Crippen molar-refractivity contribution in [2.24, 2.45) is 0 Å². The molecule has 3 N–H and O–H groups in total. The molecule has 0 spiro atoms. The highest BCUT2D eigenvalue weighted by Crippen LogP contribution is 2.19. The summed E-state index contributed by atoms with van der Waals surface area (Å²) < 4.78 is 0. The number of aryl methyl sites for hydroxylation is 1. The van der Waals surface area contributed by atoms with Crippen molar-refractivity contribution in [3.05, 3.63) is 75.5 Å². The number of carboxylic acids is 1. The predicted molar refractivity (Wildman–Crippen MR) is 105 cm³/mol. The topological polar surface area (TPSA) is 138 Å². The van der Waals surface area contributed by atoms with Crippen molar-refractivity contribution in [2.45, 2.75) is 26.3 Å². The molecule has 29 heavy (non-hydrogen) atoms. The van der Waals surface area contributed by atoms with Crippen LogP contribution in [-0.4, -0.2) is 36.9 Å². The first-order chi connectivity index (χ1) is 13.9. The van der Waals surface area contributed by atoms with E-state index < -0.39 is 23.5 Å². The number of aromatic carboxylic acids is 1. The van der Waals surface area contributed by atoms with Crippen LogP contribution in [0, 0.1) is 0 Å². The predicted octanol–water partition coefficient (Wildman–Crippen LogP) is 1.98. The molecule has 3 aromatic rings. The number of amides is 1. The fraction of sp³-hybridized carbons (Fsp3) is 0.200. The smallest absolute Gasteiger partial charge is 0.335 e. The summed E-state index contributed by atoms with van der Waals surface area (Å²) >= 11 is 0. The Morgan fingerprint density at radius 1 is 1.21 bits per heavy atom. The van der Waals surface area contributed by atoms with Gasteiger partial charge in [0.1, 0.15) is 5.69 Å². The van der Waals surface area contributed by atoms with Gasteiger partial charge >= 0.3 is 5.97 Å². The van der Waals surface area contributed by atoms with Crippen LogP contribution in [0.2, 0.25) is 0 Å². The molecule has 2 heterocycles. The number of carboxylic acid groups (broad SMARTS) is 1. The van der Waals surface area contributed by atoms with E-state index in [1.54, 1.807) is 25.1 Å². The second-order valence-corrected chi connectivity index (χ2v) is 6.32. The lowest BCUT2D eigenvalue weighted by Gasteiger charge is -2.16. The highest BCUT2D eigenvalue weighted by Gasteiger charge is 2.17. The van der Waals surface area contributed by atoms with E-state index in [0.29, 0.717) is 12.0 Å². The molecule has 0 unspecified atom stereocenters. The third-order valence-corrected chi connectivity index (χ3v) is 4.34. The van der Waals surface area contributed by atoms with Crippen molar-refractivity contribution >= 4 is 11.9 Å². The third-order valence-electron chi connectivity index (χ3n) is 4.34. The number of aromatic nitrogens is 4. The fourth-order valence-electron chi connectivity index (χ4n) is 2.84. The van der Waals surface area contributed by atoms with E-state index in [0.717, 1.165) is 11.6 Å². The molecule has 2 aromatic heterocycles. The van der Waals surface area contributed by atoms with Crippen LogP contribution in [0.15, 0.2) is 47.5 Å². The van der Waals surface area contributed by atoms with Gasteiger partial charge in [0.25, 0.3) is 11.5 Å². The average molecular weight is 393 g/mol. The molecule has 1 atom stereocenters. The highest BCUT2D eigenvalue weighted by atomic mass is 16.4. The molecule has 9 nitrogen and oxygen atoms in total. The number of hydrogen-bond donors (Lipinski definition) is 3. The van der Waals surface area contributed by atoms with Gasteiger partial charge in [-0.15, -0.1) is 0 Å². The number of H-pyrrole nitrogens is 1. The Morgan fingerprint density at radius 2 is 1.93 bits per heavy atom. The number of carbonyl (C=O) groups is 2. The van der Waals surface area contributed by atoms with Crippen molar-refractivity contribution in [1.82, 2.24) is 25.3 Å². The van der Waals surface area contributed by atoms with Crippen molar-refractivity contribution in [3.63, 3.8) is 0 Å². The summed E-state index contributed by atoms with van der Waals surface area (Å²) in [5.74, 6) is -1.24. The summed E-state index contributed by atoms with van der Waals surface area (Å²) in [5.41, 5.74) is 1.09. The first-order valence-corrected chi connectivity index (χ1v) is 8.94. The highest BCUT2D eigenvalue weighted by molar-refractivity contribution is 5.93. The first kappa shape index (κ1) is 19.9. The molecule has 148 valence electrons. The maximum Gasteiger partial charge on any atom is 0.335 e. The van der Waals surface area contributed by atoms with Crippen LogP contribution in [0.4, 0.5) is 0 Å². The van der Waals surface area contributed by atoms with E-state index in [2.05, 4.69) is 25.3 Å². The Balaban J connectivity index is 1.84. The summed E-state index contributed by atoms with van der Waals surface area (Å²) in [6, 6.07) is 7.23. The molecule has 0 aliphatic rings. The van der Waals surface area contributed by atoms with Crippen molar-refractivity contribution in [1.29, 1.82) is 0 Å². The van der Waals surface area contributed by atoms with Gasteiger partial charge in [0.05, 0.1) is 11.6 Å². The molecule has 0 saturated carbocycles. The molecular formula is C20H19N5O4. The lowest BCUT2D eigenvalue weighted by Crippen LogP contribution is -2.29. The lowest BCUT2D eigenvalue weighted by atomic mass is 9.98. The number of benzene rings is 1. The van der Waals surface area contributed by atoms with Gasteiger partial charge in [-0.25, -0.2) is 19.7 Å². The van der Waals surface area contributed by atoms with Gasteiger partial charge in [-0.3, -0.25) is 9.59 Å². The zero-order chi connectivity index (χ0) is 21.0. The second kappa shape index (κ2) is 8.42. The Bertz CT molecular complexity index is 1110. The maximum atomic E-state index is 12.6. The molecule has 0 fully saturated rings. The van der Waals surface area contributed by atoms with Crippen LogP contribution >= 0.6 is 0 Å². The summed E-state index contributed by atoms with van der Waals surface area (Å²) in [6.45, 7) is 3.63. The number of nitrogens with one attached hydrogen (secondary N) is 2. The number of hydrogen-bond acceptors (Lipinski definition) is 6. The van der Waals surface area contributed by atoms with Gasteiger partial charge in [0, 0.05) is 18.5 Å². The largest absolute Gasteiger partial charge is 0.478 e. The van der Waals surface area contributed by atoms with Crippen molar-refractivity contribution < 1.29 is 14.7 Å². The molecule has 3 rings (SSSR count). The third kappa shape index (κ3) is 4.52. The minimum atomic E-state index is -0.992. The zero-order valence-corrected chi connectivity index (χ0v) is 15.8. The standard InChI is InChI=1S/C20H19N5O4/c1-3-12-9-13(5-6-14(12)20(28)29)11(2)23-19(27)15-10-16(26)25-18(24-15)17-21-7-4-8-22-17/h4-11H,3H2,1-2H3,(H,23,27)(H,28,29)(H,24,25,26)/t11-/m1/s1. The minimum Gasteiger partial charge on any atom is -0.478 e. The average Bonchev–Trinajstić information content (AvgIpc) is 2.73. The SMILES string of the molecule is CCc1cc([C@@H](C)NC(=O)c2cc(=O)[nH]c(-c3ncccn3)n2)ccc1C(=O)O. The van der Waals surface area contributed by atoms with E-state index in [4.69, 9.17) is 0 Å². The molecule has 0 aliphatic carbocycles. The molecule has 0 aliphatic heterocycles. The molecule has 0 radical (unpaired) electrons. The van der Waals surface area contributed by atoms with E-state index in [1.165, 1.54) is 18.5 Å². The van der Waals surface area contributed by atoms with Gasteiger partial charge in [0.2, 0.25) is 0 Å². The van der Waals surface area contributed by atoms with Crippen LogP contribution < -0.4 is 10.9 Å². The molecular weight excluding hydrogens is 374 g/mol. The Labute approximate surface area is 165 Å². The summed E-state index contributed by atoms with van der Waals surface area (Å²) in [4.78, 5) is 50.6. The molecule has 1 aromatic carbocycles. The van der Waals surface area contributed by atoms with Crippen LogP contribution in [-0.2, 0) is 6.42 Å². The van der Waals surface area contributed by atoms with Gasteiger partial charge in [0.15, 0.2) is 11.6 Å². The Morgan fingerprint density at radius 3 is 2.59 bits per heavy atom. The zero-order valence-electron chi connectivity index (χ0n) is 15.8. The van der Waals surface area contributed by atoms with Gasteiger partial charge < -0.3 is 15.4 Å². The molecule has 9 heteroatoms. The maximum absolute atomic E-state index is 12.6. The minimum absolute atomic E-state index is 0.0686. The van der Waals surface area contributed by atoms with Crippen LogP contribution in [0.5, 0.6) is 0 Å². The summed E-state index contributed by atoms with van der Waals surface area (Å²) in [7, 11) is 0. The number of rotatable bonds is 6. The molecule has 1 amide bonds. The number of nitrogens with zero attached hydrogens (tertiary/aromatic N) is 3. The van der Waals surface area contributed by atoms with Crippen molar-refractivity contribution in [2.75, 3.05) is 0 Å². The van der Waals surface area contributed by atoms with E-state index in [9.17, 15) is 19.5 Å². The summed E-state index contributed by atoms with van der Waals surface area (Å²) in [5, 5.41) is 12.0. The Hall–Kier alpha value is -3.88. The number of aromatic amines is 1. The molecule has 0 bridgehead atoms. The van der Waals surface area contributed by atoms with Crippen LogP contribution in [0.1, 0.15) is 51.9 Å². The summed E-state index contributed by atoms with van der Waals surface area (Å²) in [6.07, 6.45) is 3.55.